The van der Waals surface area contributed by atoms with Crippen LogP contribution in [0.2, 0.25) is 0 Å². The number of fused-ring (bicyclic) bond motifs is 1. The summed E-state index contributed by atoms with van der Waals surface area (Å²) < 4.78 is 15.4. The maximum atomic E-state index is 13.2. The smallest absolute Gasteiger partial charge is 0.206 e. The molecule has 1 aromatic heterocycles. The molecule has 2 heterocycles. The summed E-state index contributed by atoms with van der Waals surface area (Å²) >= 11 is 0. The van der Waals surface area contributed by atoms with Gasteiger partial charge in [0, 0.05) is 26.2 Å². The second kappa shape index (κ2) is 6.24. The molecule has 1 aliphatic heterocycles. The molecule has 1 saturated heterocycles. The molecule has 0 unspecified atom stereocenters. The van der Waals surface area contributed by atoms with Crippen molar-refractivity contribution in [2.24, 2.45) is 0 Å². The lowest BCUT2D eigenvalue weighted by Gasteiger charge is -2.33. The van der Waals surface area contributed by atoms with E-state index in [1.807, 2.05) is 24.3 Å². The number of imidazole rings is 1. The molecule has 1 aliphatic rings. The Morgan fingerprint density at radius 2 is 1.67 bits per heavy atom. The fourth-order valence-corrected chi connectivity index (χ4v) is 3.24. The summed E-state index contributed by atoms with van der Waals surface area (Å²) in [5.41, 5.74) is 3.21. The van der Waals surface area contributed by atoms with Gasteiger partial charge in [-0.05, 0) is 36.9 Å². The molecule has 2 aromatic carbocycles. The molecule has 24 heavy (non-hydrogen) atoms. The minimum Gasteiger partial charge on any atom is -0.340 e. The lowest BCUT2D eigenvalue weighted by molar-refractivity contribution is 0.310. The van der Waals surface area contributed by atoms with Crippen LogP contribution in [0.15, 0.2) is 48.5 Å². The number of hydrogen-bond donors (Lipinski definition) is 0. The monoisotopic (exact) mass is 324 g/mol. The molecule has 3 aromatic rings. The molecule has 0 N–H and O–H groups in total. The van der Waals surface area contributed by atoms with Crippen LogP contribution in [-0.4, -0.2) is 47.7 Å². The number of rotatable bonds is 3. The number of hydrogen-bond acceptors (Lipinski definition) is 3. The van der Waals surface area contributed by atoms with Crippen molar-refractivity contribution in [3.63, 3.8) is 0 Å². The maximum Gasteiger partial charge on any atom is 0.206 e. The number of aromatic nitrogens is 2. The summed E-state index contributed by atoms with van der Waals surface area (Å²) in [6, 6.07) is 14.9. The van der Waals surface area contributed by atoms with Crippen molar-refractivity contribution in [1.82, 2.24) is 14.5 Å². The number of halogens is 1. The van der Waals surface area contributed by atoms with Gasteiger partial charge in [-0.15, -0.1) is 0 Å². The molecule has 0 atom stereocenters. The largest absolute Gasteiger partial charge is 0.340 e. The van der Waals surface area contributed by atoms with Gasteiger partial charge in [0.25, 0.3) is 0 Å². The van der Waals surface area contributed by atoms with Crippen molar-refractivity contribution in [2.45, 2.75) is 6.54 Å². The fourth-order valence-electron chi connectivity index (χ4n) is 3.24. The van der Waals surface area contributed by atoms with Crippen molar-refractivity contribution >= 4 is 17.0 Å². The van der Waals surface area contributed by atoms with Crippen molar-refractivity contribution in [1.29, 1.82) is 0 Å². The summed E-state index contributed by atoms with van der Waals surface area (Å²) in [5.74, 6) is 0.808. The van der Waals surface area contributed by atoms with Gasteiger partial charge in [-0.1, -0.05) is 24.3 Å². The van der Waals surface area contributed by atoms with Gasteiger partial charge in [0.05, 0.1) is 17.6 Å². The third-order valence-electron chi connectivity index (χ3n) is 4.67. The van der Waals surface area contributed by atoms with E-state index >= 15 is 0 Å². The number of nitrogens with zero attached hydrogens (tertiary/aromatic N) is 4. The molecule has 0 aliphatic carbocycles. The van der Waals surface area contributed by atoms with Gasteiger partial charge in [0.2, 0.25) is 5.95 Å². The Bertz CT molecular complexity index is 832. The van der Waals surface area contributed by atoms with Crippen LogP contribution in [-0.2, 0) is 6.54 Å². The average Bonchev–Trinajstić information content (AvgIpc) is 2.96. The Morgan fingerprint density at radius 3 is 2.42 bits per heavy atom. The summed E-state index contributed by atoms with van der Waals surface area (Å²) in [5, 5.41) is 0. The maximum absolute atomic E-state index is 13.2. The van der Waals surface area contributed by atoms with Crippen LogP contribution in [0.3, 0.4) is 0 Å². The normalized spacial score (nSPS) is 16.0. The fraction of sp³-hybridized carbons (Fsp3) is 0.316. The molecule has 4 nitrogen and oxygen atoms in total. The molecular weight excluding hydrogens is 303 g/mol. The second-order valence-electron chi connectivity index (χ2n) is 6.40. The van der Waals surface area contributed by atoms with E-state index in [-0.39, 0.29) is 5.82 Å². The summed E-state index contributed by atoms with van der Waals surface area (Å²) in [7, 11) is 2.15. The Labute approximate surface area is 141 Å². The lowest BCUT2D eigenvalue weighted by atomic mass is 10.2. The van der Waals surface area contributed by atoms with E-state index < -0.39 is 0 Å². The highest BCUT2D eigenvalue weighted by atomic mass is 19.1. The quantitative estimate of drug-likeness (QED) is 0.740. The second-order valence-corrected chi connectivity index (χ2v) is 6.40. The first-order valence-corrected chi connectivity index (χ1v) is 8.34. The van der Waals surface area contributed by atoms with Crippen molar-refractivity contribution in [3.8, 4) is 0 Å². The van der Waals surface area contributed by atoms with Crippen LogP contribution in [0.5, 0.6) is 0 Å². The van der Waals surface area contributed by atoms with Crippen molar-refractivity contribution < 1.29 is 4.39 Å². The van der Waals surface area contributed by atoms with Gasteiger partial charge < -0.3 is 14.4 Å². The first kappa shape index (κ1) is 15.1. The third kappa shape index (κ3) is 2.87. The zero-order valence-corrected chi connectivity index (χ0v) is 13.8. The molecule has 0 bridgehead atoms. The van der Waals surface area contributed by atoms with Crippen LogP contribution < -0.4 is 4.90 Å². The van der Waals surface area contributed by atoms with Gasteiger partial charge in [-0.25, -0.2) is 9.37 Å². The standard InChI is InChI=1S/C19H21FN4/c1-22-10-12-23(13-11-22)19-21-17-4-2-3-5-18(17)24(19)14-15-6-8-16(20)9-7-15/h2-9H,10-14H2,1H3. The number of likely N-dealkylation sites (N-methyl/N-ethyl adjacent to an activating group) is 1. The number of para-hydroxylation sites is 2. The first-order chi connectivity index (χ1) is 11.7. The molecule has 4 rings (SSSR count). The number of piperazine rings is 1. The van der Waals surface area contributed by atoms with Gasteiger partial charge >= 0.3 is 0 Å². The van der Waals surface area contributed by atoms with Crippen LogP contribution >= 0.6 is 0 Å². The molecule has 0 spiro atoms. The van der Waals surface area contributed by atoms with E-state index in [1.54, 1.807) is 0 Å². The van der Waals surface area contributed by atoms with E-state index in [2.05, 4.69) is 33.5 Å². The molecule has 124 valence electrons. The van der Waals surface area contributed by atoms with Gasteiger partial charge in [0.15, 0.2) is 0 Å². The van der Waals surface area contributed by atoms with E-state index in [1.165, 1.54) is 12.1 Å². The minimum atomic E-state index is -0.200. The highest BCUT2D eigenvalue weighted by molar-refractivity contribution is 5.79. The van der Waals surface area contributed by atoms with E-state index in [4.69, 9.17) is 4.98 Å². The number of benzene rings is 2. The molecule has 0 saturated carbocycles. The Kier molecular flexibility index (Phi) is 3.94. The van der Waals surface area contributed by atoms with E-state index in [0.717, 1.165) is 48.7 Å². The highest BCUT2D eigenvalue weighted by Gasteiger charge is 2.20. The lowest BCUT2D eigenvalue weighted by Crippen LogP contribution is -2.45. The van der Waals surface area contributed by atoms with Gasteiger partial charge in [-0.3, -0.25) is 0 Å². The van der Waals surface area contributed by atoms with Crippen molar-refractivity contribution in [3.05, 3.63) is 59.9 Å². The molecular formula is C19H21FN4. The highest BCUT2D eigenvalue weighted by Crippen LogP contribution is 2.25. The molecule has 1 fully saturated rings. The Hall–Kier alpha value is -2.40. The Balaban J connectivity index is 1.74. The molecule has 0 amide bonds. The first-order valence-electron chi connectivity index (χ1n) is 8.34. The molecule has 5 heteroatoms. The zero-order chi connectivity index (χ0) is 16.5. The van der Waals surface area contributed by atoms with Crippen LogP contribution in [0.4, 0.5) is 10.3 Å². The molecule has 0 radical (unpaired) electrons. The summed E-state index contributed by atoms with van der Waals surface area (Å²) in [4.78, 5) is 9.56. The average molecular weight is 324 g/mol. The third-order valence-corrected chi connectivity index (χ3v) is 4.67. The zero-order valence-electron chi connectivity index (χ0n) is 13.8. The SMILES string of the molecule is CN1CCN(c2nc3ccccc3n2Cc2ccc(F)cc2)CC1. The summed E-state index contributed by atoms with van der Waals surface area (Å²) in [6.45, 7) is 4.73. The topological polar surface area (TPSA) is 24.3 Å². The van der Waals surface area contributed by atoms with Crippen LogP contribution in [0.1, 0.15) is 5.56 Å². The van der Waals surface area contributed by atoms with Crippen LogP contribution in [0, 0.1) is 5.82 Å². The van der Waals surface area contributed by atoms with Crippen molar-refractivity contribution in [2.75, 3.05) is 38.1 Å². The van der Waals surface area contributed by atoms with E-state index in [9.17, 15) is 4.39 Å². The predicted octanol–water partition coefficient (Wildman–Crippen LogP) is 2.98. The van der Waals surface area contributed by atoms with Gasteiger partial charge in [-0.2, -0.15) is 0 Å². The minimum absolute atomic E-state index is 0.200. The Morgan fingerprint density at radius 1 is 0.958 bits per heavy atom. The van der Waals surface area contributed by atoms with Gasteiger partial charge in [0.1, 0.15) is 5.82 Å². The van der Waals surface area contributed by atoms with Crippen LogP contribution in [0.25, 0.3) is 11.0 Å². The van der Waals surface area contributed by atoms with E-state index in [0.29, 0.717) is 6.54 Å². The number of anilines is 1. The summed E-state index contributed by atoms with van der Waals surface area (Å²) in [6.07, 6.45) is 0. The predicted molar refractivity (Wildman–Crippen MR) is 94.9 cm³/mol.